The van der Waals surface area contributed by atoms with Gasteiger partial charge in [0.25, 0.3) is 5.91 Å². The van der Waals surface area contributed by atoms with Crippen LogP contribution in [0.4, 0.5) is 18.9 Å². The SMILES string of the molecule is O=C1Nc2cc(F)ccc2/C1=C/c1cc(F)ccc1F. The van der Waals surface area contributed by atoms with E-state index in [4.69, 9.17) is 0 Å². The first-order chi connectivity index (χ1) is 9.54. The third kappa shape index (κ3) is 2.07. The zero-order chi connectivity index (χ0) is 14.3. The molecule has 5 heteroatoms. The molecule has 0 bridgehead atoms. The van der Waals surface area contributed by atoms with E-state index in [2.05, 4.69) is 5.32 Å². The molecule has 0 saturated carbocycles. The van der Waals surface area contributed by atoms with Gasteiger partial charge in [-0.15, -0.1) is 0 Å². The zero-order valence-electron chi connectivity index (χ0n) is 10.1. The topological polar surface area (TPSA) is 29.1 Å². The van der Waals surface area contributed by atoms with Crippen LogP contribution in [0, 0.1) is 17.5 Å². The predicted octanol–water partition coefficient (Wildman–Crippen LogP) is 3.60. The van der Waals surface area contributed by atoms with Gasteiger partial charge in [0.1, 0.15) is 17.5 Å². The van der Waals surface area contributed by atoms with Gasteiger partial charge in [-0.05, 0) is 42.5 Å². The largest absolute Gasteiger partial charge is 0.321 e. The number of fused-ring (bicyclic) bond motifs is 1. The van der Waals surface area contributed by atoms with Crippen molar-refractivity contribution in [2.45, 2.75) is 0 Å². The Morgan fingerprint density at radius 1 is 0.950 bits per heavy atom. The number of hydrogen-bond acceptors (Lipinski definition) is 1. The van der Waals surface area contributed by atoms with Gasteiger partial charge >= 0.3 is 0 Å². The van der Waals surface area contributed by atoms with E-state index in [0.717, 1.165) is 18.2 Å². The lowest BCUT2D eigenvalue weighted by Crippen LogP contribution is -2.03. The number of carbonyl (C=O) groups is 1. The van der Waals surface area contributed by atoms with Crippen LogP contribution in [0.25, 0.3) is 11.6 Å². The van der Waals surface area contributed by atoms with Crippen molar-refractivity contribution in [3.05, 3.63) is 65.0 Å². The van der Waals surface area contributed by atoms with Crippen molar-refractivity contribution in [3.8, 4) is 0 Å². The lowest BCUT2D eigenvalue weighted by molar-refractivity contribution is -0.110. The predicted molar refractivity (Wildman–Crippen MR) is 69.3 cm³/mol. The third-order valence-corrected chi connectivity index (χ3v) is 3.02. The summed E-state index contributed by atoms with van der Waals surface area (Å²) in [5, 5.41) is 2.48. The van der Waals surface area contributed by atoms with Crippen molar-refractivity contribution >= 4 is 23.2 Å². The number of carbonyl (C=O) groups excluding carboxylic acids is 1. The van der Waals surface area contributed by atoms with Gasteiger partial charge in [0.2, 0.25) is 0 Å². The number of hydrogen-bond donors (Lipinski definition) is 1. The molecule has 1 aliphatic rings. The summed E-state index contributed by atoms with van der Waals surface area (Å²) in [6, 6.07) is 6.78. The van der Waals surface area contributed by atoms with Crippen LogP contribution in [0.3, 0.4) is 0 Å². The average Bonchev–Trinajstić information content (AvgIpc) is 2.69. The average molecular weight is 275 g/mol. The number of nitrogens with one attached hydrogen (secondary N) is 1. The highest BCUT2D eigenvalue weighted by atomic mass is 19.1. The summed E-state index contributed by atoms with van der Waals surface area (Å²) in [7, 11) is 0. The molecule has 0 saturated heterocycles. The van der Waals surface area contributed by atoms with Gasteiger partial charge in [0, 0.05) is 16.7 Å². The van der Waals surface area contributed by atoms with Crippen LogP contribution < -0.4 is 5.32 Å². The molecule has 1 amide bonds. The van der Waals surface area contributed by atoms with Crippen LogP contribution in [0.5, 0.6) is 0 Å². The Morgan fingerprint density at radius 2 is 1.65 bits per heavy atom. The molecule has 20 heavy (non-hydrogen) atoms. The fraction of sp³-hybridized carbons (Fsp3) is 0. The first-order valence-electron chi connectivity index (χ1n) is 5.82. The molecule has 2 nitrogen and oxygen atoms in total. The summed E-state index contributed by atoms with van der Waals surface area (Å²) in [5.74, 6) is -2.20. The maximum atomic E-state index is 13.6. The van der Waals surface area contributed by atoms with E-state index >= 15 is 0 Å². The Morgan fingerprint density at radius 3 is 2.45 bits per heavy atom. The first-order valence-corrected chi connectivity index (χ1v) is 5.82. The maximum Gasteiger partial charge on any atom is 0.256 e. The Balaban J connectivity index is 2.13. The number of benzene rings is 2. The molecule has 0 radical (unpaired) electrons. The number of anilines is 1. The van der Waals surface area contributed by atoms with Gasteiger partial charge < -0.3 is 5.32 Å². The Labute approximate surface area is 112 Å². The van der Waals surface area contributed by atoms with Crippen molar-refractivity contribution in [1.29, 1.82) is 0 Å². The van der Waals surface area contributed by atoms with Crippen molar-refractivity contribution in [1.82, 2.24) is 0 Å². The molecule has 1 N–H and O–H groups in total. The fourth-order valence-corrected chi connectivity index (χ4v) is 2.09. The molecule has 0 aliphatic carbocycles. The van der Waals surface area contributed by atoms with Gasteiger partial charge in [-0.2, -0.15) is 0 Å². The van der Waals surface area contributed by atoms with Gasteiger partial charge in [-0.3, -0.25) is 4.79 Å². The lowest BCUT2D eigenvalue weighted by Gasteiger charge is -2.00. The Bertz CT molecular complexity index is 753. The molecular weight excluding hydrogens is 267 g/mol. The van der Waals surface area contributed by atoms with Crippen LogP contribution in [0.15, 0.2) is 36.4 Å². The van der Waals surface area contributed by atoms with Crippen LogP contribution in [0.1, 0.15) is 11.1 Å². The second-order valence-corrected chi connectivity index (χ2v) is 4.37. The first kappa shape index (κ1) is 12.5. The molecule has 0 spiro atoms. The van der Waals surface area contributed by atoms with Crippen molar-refractivity contribution in [2.24, 2.45) is 0 Å². The van der Waals surface area contributed by atoms with Gasteiger partial charge in [0.05, 0.1) is 5.69 Å². The third-order valence-electron chi connectivity index (χ3n) is 3.02. The molecule has 0 atom stereocenters. The number of amides is 1. The standard InChI is InChI=1S/C15H8F3NO/c16-9-2-4-13(18)8(5-9)6-12-11-3-1-10(17)7-14(11)19-15(12)20/h1-7H,(H,19,20)/b12-6-. The molecular formula is C15H8F3NO. The minimum absolute atomic E-state index is 0.0349. The summed E-state index contributed by atoms with van der Waals surface area (Å²) in [4.78, 5) is 11.8. The smallest absolute Gasteiger partial charge is 0.256 e. The molecule has 100 valence electrons. The number of halogens is 3. The van der Waals surface area contributed by atoms with Crippen molar-refractivity contribution in [3.63, 3.8) is 0 Å². The van der Waals surface area contributed by atoms with E-state index in [0.29, 0.717) is 11.3 Å². The highest BCUT2D eigenvalue weighted by Gasteiger charge is 2.24. The summed E-state index contributed by atoms with van der Waals surface area (Å²) in [6.07, 6.45) is 1.25. The zero-order valence-corrected chi connectivity index (χ0v) is 10.1. The summed E-state index contributed by atoms with van der Waals surface area (Å²) in [6.45, 7) is 0. The summed E-state index contributed by atoms with van der Waals surface area (Å²) < 4.78 is 39.8. The number of rotatable bonds is 1. The normalized spacial score (nSPS) is 15.3. The van der Waals surface area contributed by atoms with E-state index < -0.39 is 23.4 Å². The quantitative estimate of drug-likeness (QED) is 0.792. The summed E-state index contributed by atoms with van der Waals surface area (Å²) >= 11 is 0. The van der Waals surface area contributed by atoms with Gasteiger partial charge in [0.15, 0.2) is 0 Å². The van der Waals surface area contributed by atoms with Gasteiger partial charge in [-0.1, -0.05) is 0 Å². The molecule has 1 heterocycles. The van der Waals surface area contributed by atoms with Crippen LogP contribution in [-0.4, -0.2) is 5.91 Å². The minimum Gasteiger partial charge on any atom is -0.321 e. The minimum atomic E-state index is -0.637. The molecule has 0 aromatic heterocycles. The van der Waals surface area contributed by atoms with E-state index in [9.17, 15) is 18.0 Å². The highest BCUT2D eigenvalue weighted by molar-refractivity contribution is 6.34. The van der Waals surface area contributed by atoms with Crippen molar-refractivity contribution < 1.29 is 18.0 Å². The second-order valence-electron chi connectivity index (χ2n) is 4.37. The summed E-state index contributed by atoms with van der Waals surface area (Å²) in [5.41, 5.74) is 0.912. The Hall–Kier alpha value is -2.56. The molecule has 1 aliphatic heterocycles. The second kappa shape index (κ2) is 4.52. The molecule has 0 fully saturated rings. The van der Waals surface area contributed by atoms with Crippen molar-refractivity contribution in [2.75, 3.05) is 5.32 Å². The molecule has 2 aromatic rings. The van der Waals surface area contributed by atoms with E-state index in [1.165, 1.54) is 24.3 Å². The van der Waals surface area contributed by atoms with Gasteiger partial charge in [-0.25, -0.2) is 13.2 Å². The molecule has 0 unspecified atom stereocenters. The Kier molecular flexibility index (Phi) is 2.82. The van der Waals surface area contributed by atoms with E-state index in [-0.39, 0.29) is 11.1 Å². The van der Waals surface area contributed by atoms with Crippen LogP contribution >= 0.6 is 0 Å². The molecule has 2 aromatic carbocycles. The monoisotopic (exact) mass is 275 g/mol. The van der Waals surface area contributed by atoms with Crippen LogP contribution in [0.2, 0.25) is 0 Å². The maximum absolute atomic E-state index is 13.6. The highest BCUT2D eigenvalue weighted by Crippen LogP contribution is 2.33. The lowest BCUT2D eigenvalue weighted by atomic mass is 10.0. The molecule has 3 rings (SSSR count). The van der Waals surface area contributed by atoms with Crippen LogP contribution in [-0.2, 0) is 4.79 Å². The van der Waals surface area contributed by atoms with E-state index in [1.54, 1.807) is 0 Å². The fourth-order valence-electron chi connectivity index (χ4n) is 2.09. The van der Waals surface area contributed by atoms with E-state index in [1.807, 2.05) is 0 Å².